The number of Topliss-reactive ketones (excluding diaryl/α,β-unsaturated/α-hetero) is 1. The van der Waals surface area contributed by atoms with Gasteiger partial charge in [0.1, 0.15) is 36.8 Å². The summed E-state index contributed by atoms with van der Waals surface area (Å²) in [7, 11) is -5.46. The zero-order valence-electron chi connectivity index (χ0n) is 40.6. The minimum Gasteiger partial charge on any atom is -0.462 e. The Balaban J connectivity index is 2.05. The fraction of sp³-hybridized carbons (Fsp3) is 0.745. The number of phosphoric ester groups is 1. The van der Waals surface area contributed by atoms with Gasteiger partial charge in [-0.1, -0.05) is 139 Å². The maximum atomic E-state index is 13.7. The molecule has 2 rings (SSSR count). The Morgan fingerprint density at radius 3 is 2.04 bits per heavy atom. The van der Waals surface area contributed by atoms with Gasteiger partial charge < -0.3 is 50.1 Å². The number of hydrogen-bond donors (Lipinski definition) is 8. The lowest BCUT2D eigenvalue weighted by molar-refractivity contribution is -0.167. The Hall–Kier alpha value is -2.86. The fourth-order valence-corrected chi connectivity index (χ4v) is 9.12. The Kier molecular flexibility index (Phi) is 32.5. The van der Waals surface area contributed by atoms with Gasteiger partial charge in [-0.2, -0.15) is 0 Å². The molecule has 0 aromatic rings. The lowest BCUT2D eigenvalue weighted by Crippen LogP contribution is -2.55. The monoisotopic (exact) mass is 985 g/mol. The summed E-state index contributed by atoms with van der Waals surface area (Å²) in [6, 6.07) is 0. The molecule has 1 aliphatic heterocycles. The van der Waals surface area contributed by atoms with Gasteiger partial charge in [-0.3, -0.25) is 23.4 Å². The number of aliphatic hydroxyl groups excluding tert-OH is 7. The number of unbranched alkanes of at least 4 members (excludes halogenated alkanes) is 8. The first-order valence-corrected chi connectivity index (χ1v) is 26.7. The van der Waals surface area contributed by atoms with E-state index in [1.807, 2.05) is 6.92 Å². The van der Waals surface area contributed by atoms with Crippen LogP contribution in [0.1, 0.15) is 162 Å². The van der Waals surface area contributed by atoms with Crippen molar-refractivity contribution < 1.29 is 78.1 Å². The van der Waals surface area contributed by atoms with Crippen LogP contribution in [0.4, 0.5) is 0 Å². The number of cyclic esters (lactones) is 1. The van der Waals surface area contributed by atoms with Crippen LogP contribution < -0.4 is 0 Å². The number of ether oxygens (including phenoxy) is 2. The maximum Gasteiger partial charge on any atom is 0.472 e. The van der Waals surface area contributed by atoms with Crippen molar-refractivity contribution in [3.63, 3.8) is 0 Å². The van der Waals surface area contributed by atoms with Crippen molar-refractivity contribution in [2.45, 2.75) is 216 Å². The van der Waals surface area contributed by atoms with Gasteiger partial charge in [0.05, 0.1) is 36.9 Å². The Morgan fingerprint density at radius 2 is 1.37 bits per heavy atom. The minimum atomic E-state index is -5.46. The summed E-state index contributed by atoms with van der Waals surface area (Å²) in [5, 5.41) is 78.5. The molecule has 2 aliphatic rings. The molecule has 0 radical (unpaired) electrons. The molecule has 0 aromatic heterocycles. The average molecular weight is 985 g/mol. The fourth-order valence-electron chi connectivity index (χ4n) is 8.15. The molecule has 1 heterocycles. The first-order chi connectivity index (χ1) is 32.6. The van der Waals surface area contributed by atoms with Gasteiger partial charge in [0.25, 0.3) is 0 Å². The highest BCUT2D eigenvalue weighted by Gasteiger charge is 2.49. The van der Waals surface area contributed by atoms with E-state index in [1.165, 1.54) is 6.08 Å². The topological polar surface area (TPSA) is 267 Å². The smallest absolute Gasteiger partial charge is 0.462 e. The van der Waals surface area contributed by atoms with E-state index in [4.69, 9.17) is 18.5 Å². The zero-order chi connectivity index (χ0) is 50.2. The molecular weight excluding hydrogens is 900 g/mol. The summed E-state index contributed by atoms with van der Waals surface area (Å²) in [5.41, 5.74) is 0. The Bertz CT molecular complexity index is 1600. The summed E-state index contributed by atoms with van der Waals surface area (Å²) in [4.78, 5) is 50.2. The molecule has 8 N–H and O–H groups in total. The van der Waals surface area contributed by atoms with Crippen molar-refractivity contribution in [2.75, 3.05) is 13.2 Å². The summed E-state index contributed by atoms with van der Waals surface area (Å²) in [5.74, 6) is -4.99. The standard InChI is InChI=1S/C51H85O16P/c1-3-5-7-8-9-10-11-12-13-14-15-16-17-18-19-20-21-22-27-31-44(55)64-36-39-37-65-68(62,63)67-51-49(60)47(58)41(34-33-38(52)29-25-6-4-2)43(54)35-42(53)40(46(57)48(59)50(51)61)30-26-23-24-28-32-45(56)66-39/h5,7,9-10,12-13,15-16,33-34,38-42,46-53,57-61H,3-4,6,8,11,14,17-32,35-37H2,1-2H3,(H,62,63)/b7-5-,10-9-,13-12-,16-15-,34-33+/t38-,39+,40-,41-,42-,46+,47+,48-,49+,50+,51+/m0/s1. The molecule has 1 aliphatic carbocycles. The van der Waals surface area contributed by atoms with Gasteiger partial charge in [0.15, 0.2) is 6.10 Å². The highest BCUT2D eigenvalue weighted by molar-refractivity contribution is 7.47. The van der Waals surface area contributed by atoms with Gasteiger partial charge in [-0.25, -0.2) is 4.57 Å². The van der Waals surface area contributed by atoms with Crippen LogP contribution in [-0.4, -0.2) is 127 Å². The second kappa shape index (κ2) is 36.1. The number of hydrogen-bond acceptors (Lipinski definition) is 15. The molecule has 12 atom stereocenters. The van der Waals surface area contributed by atoms with Crippen molar-refractivity contribution in [2.24, 2.45) is 11.8 Å². The van der Waals surface area contributed by atoms with E-state index in [9.17, 15) is 59.6 Å². The second-order valence-electron chi connectivity index (χ2n) is 18.1. The SMILES string of the molecule is CC/C=C\C/C=C\C/C=C\C/C=C\CCCCCCCCC(=O)OC[C@@H]1COP(=O)(O)O[C@H]2[C@H](O)[C@@H](O)[C@H](O)[C@@H](CCCCCCC(=O)O1)[C@@H](O)CC(=O)[C@H](/C=C/[C@@H](O)CCCCC)[C@@H](O)[C@H]2O. The number of carbonyl (C=O) groups excluding carboxylic acids is 3. The van der Waals surface area contributed by atoms with Crippen LogP contribution in [0.2, 0.25) is 0 Å². The molecule has 1 unspecified atom stereocenters. The highest BCUT2D eigenvalue weighted by Crippen LogP contribution is 2.47. The van der Waals surface area contributed by atoms with Crippen molar-refractivity contribution >= 4 is 25.5 Å². The molecule has 390 valence electrons. The third-order valence-electron chi connectivity index (χ3n) is 12.2. The van der Waals surface area contributed by atoms with Gasteiger partial charge >= 0.3 is 19.8 Å². The molecule has 0 spiro atoms. The Morgan fingerprint density at radius 1 is 0.750 bits per heavy atom. The Labute approximate surface area is 404 Å². The number of ketones is 1. The van der Waals surface area contributed by atoms with Crippen LogP contribution >= 0.6 is 7.82 Å². The molecule has 1 saturated heterocycles. The summed E-state index contributed by atoms with van der Waals surface area (Å²) >= 11 is 0. The third-order valence-corrected chi connectivity index (χ3v) is 13.2. The van der Waals surface area contributed by atoms with Crippen LogP contribution in [-0.2, 0) is 37.5 Å². The number of phosphoric acid groups is 1. The van der Waals surface area contributed by atoms with Gasteiger partial charge in [-0.05, 0) is 64.2 Å². The maximum absolute atomic E-state index is 13.7. The highest BCUT2D eigenvalue weighted by atomic mass is 31.2. The van der Waals surface area contributed by atoms with Crippen molar-refractivity contribution in [1.29, 1.82) is 0 Å². The van der Waals surface area contributed by atoms with E-state index < -0.39 is 112 Å². The van der Waals surface area contributed by atoms with Gasteiger partial charge in [0, 0.05) is 25.2 Å². The average Bonchev–Trinajstić information content (AvgIpc) is 3.31. The molecule has 0 amide bonds. The third kappa shape index (κ3) is 25.8. The van der Waals surface area contributed by atoms with Crippen molar-refractivity contribution in [1.82, 2.24) is 0 Å². The normalized spacial score (nSPS) is 30.6. The van der Waals surface area contributed by atoms with Crippen LogP contribution in [0.25, 0.3) is 0 Å². The second-order valence-corrected chi connectivity index (χ2v) is 19.5. The van der Waals surface area contributed by atoms with E-state index in [0.717, 1.165) is 83.1 Å². The van der Waals surface area contributed by atoms with Crippen LogP contribution in [0.5, 0.6) is 0 Å². The van der Waals surface area contributed by atoms with E-state index in [1.54, 1.807) is 0 Å². The predicted octanol–water partition coefficient (Wildman–Crippen LogP) is 7.09. The van der Waals surface area contributed by atoms with Gasteiger partial charge in [-0.15, -0.1) is 0 Å². The van der Waals surface area contributed by atoms with Gasteiger partial charge in [0.2, 0.25) is 0 Å². The zero-order valence-corrected chi connectivity index (χ0v) is 41.5. The largest absolute Gasteiger partial charge is 0.472 e. The number of fused-ring (bicyclic) bond motifs is 4. The predicted molar refractivity (Wildman–Crippen MR) is 259 cm³/mol. The molecule has 2 bridgehead atoms. The van der Waals surface area contributed by atoms with E-state index in [-0.39, 0.29) is 19.3 Å². The molecule has 2 fully saturated rings. The minimum absolute atomic E-state index is 0.0272. The molecule has 17 heteroatoms. The molecule has 16 nitrogen and oxygen atoms in total. The lowest BCUT2D eigenvalue weighted by atomic mass is 9.82. The quantitative estimate of drug-likeness (QED) is 0.0208. The molecule has 68 heavy (non-hydrogen) atoms. The number of allylic oxidation sites excluding steroid dienone is 8. The van der Waals surface area contributed by atoms with Crippen LogP contribution in [0, 0.1) is 11.8 Å². The van der Waals surface area contributed by atoms with E-state index in [2.05, 4.69) is 55.5 Å². The van der Waals surface area contributed by atoms with Crippen LogP contribution in [0.15, 0.2) is 60.8 Å². The lowest BCUT2D eigenvalue weighted by Gasteiger charge is -2.37. The number of carbonyl (C=O) groups is 3. The first kappa shape index (κ1) is 61.3. The van der Waals surface area contributed by atoms with E-state index >= 15 is 0 Å². The molecule has 1 saturated carbocycles. The summed E-state index contributed by atoms with van der Waals surface area (Å²) < 4.78 is 34.7. The van der Waals surface area contributed by atoms with Crippen molar-refractivity contribution in [3.8, 4) is 0 Å². The summed E-state index contributed by atoms with van der Waals surface area (Å²) in [6.45, 7) is 2.70. The first-order valence-electron chi connectivity index (χ1n) is 25.2. The van der Waals surface area contributed by atoms with E-state index in [0.29, 0.717) is 44.9 Å². The van der Waals surface area contributed by atoms with Crippen molar-refractivity contribution in [3.05, 3.63) is 60.8 Å². The molecular formula is C51H85O16P. The number of rotatable bonds is 24. The van der Waals surface area contributed by atoms with Crippen LogP contribution in [0.3, 0.4) is 0 Å². The molecule has 0 aromatic carbocycles. The number of aliphatic hydroxyl groups is 7. The summed E-state index contributed by atoms with van der Waals surface area (Å²) in [6.07, 6.45) is 16.3. The number of esters is 2.